The van der Waals surface area contributed by atoms with Crippen molar-refractivity contribution < 1.29 is 13.2 Å². The lowest BCUT2D eigenvalue weighted by molar-refractivity contribution is 0.0985. The molecule has 5 rings (SSSR count). The van der Waals surface area contributed by atoms with Gasteiger partial charge in [-0.2, -0.15) is 9.40 Å². The quantitative estimate of drug-likeness (QED) is 0.288. The van der Waals surface area contributed by atoms with Gasteiger partial charge in [-0.05, 0) is 81.6 Å². The van der Waals surface area contributed by atoms with Crippen LogP contribution in [0.5, 0.6) is 0 Å². The molecule has 0 bridgehead atoms. The topological polar surface area (TPSA) is 88.4 Å². The number of carbonyl (C=O) groups is 1. The van der Waals surface area contributed by atoms with E-state index in [1.165, 1.54) is 27.8 Å². The summed E-state index contributed by atoms with van der Waals surface area (Å²) in [5.74, 6) is -0.253. The molecule has 11 heteroatoms. The Balaban J connectivity index is 1.46. The maximum Gasteiger partial charge on any atom is 0.260 e. The van der Waals surface area contributed by atoms with Crippen LogP contribution in [0.25, 0.3) is 10.2 Å². The van der Waals surface area contributed by atoms with Crippen molar-refractivity contribution in [3.63, 3.8) is 0 Å². The highest BCUT2D eigenvalue weighted by Gasteiger charge is 2.27. The fourth-order valence-electron chi connectivity index (χ4n) is 4.82. The zero-order valence-corrected chi connectivity index (χ0v) is 24.0. The summed E-state index contributed by atoms with van der Waals surface area (Å²) in [6, 6.07) is 11.9. The van der Waals surface area contributed by atoms with Crippen molar-refractivity contribution in [3.05, 3.63) is 70.0 Å². The summed E-state index contributed by atoms with van der Waals surface area (Å²) in [5.41, 5.74) is 4.06. The minimum Gasteiger partial charge on any atom is -0.282 e. The number of sulfonamides is 1. The highest BCUT2D eigenvalue weighted by molar-refractivity contribution is 7.89. The van der Waals surface area contributed by atoms with E-state index in [-0.39, 0.29) is 10.8 Å². The van der Waals surface area contributed by atoms with E-state index in [1.807, 2.05) is 43.7 Å². The van der Waals surface area contributed by atoms with Gasteiger partial charge in [0.05, 0.1) is 27.4 Å². The van der Waals surface area contributed by atoms with Crippen LogP contribution in [0.1, 0.15) is 46.6 Å². The summed E-state index contributed by atoms with van der Waals surface area (Å²) < 4.78 is 30.5. The molecule has 2 aromatic heterocycles. The Labute approximate surface area is 231 Å². The Bertz CT molecular complexity index is 1590. The van der Waals surface area contributed by atoms with Crippen LogP contribution in [0.15, 0.2) is 47.4 Å². The van der Waals surface area contributed by atoms with Crippen LogP contribution in [0.3, 0.4) is 0 Å². The van der Waals surface area contributed by atoms with Crippen molar-refractivity contribution >= 4 is 54.2 Å². The van der Waals surface area contributed by atoms with Gasteiger partial charge in [0.15, 0.2) is 5.13 Å². The van der Waals surface area contributed by atoms with Crippen molar-refractivity contribution in [1.82, 2.24) is 19.1 Å². The number of fused-ring (bicyclic) bond motifs is 1. The van der Waals surface area contributed by atoms with Crippen LogP contribution in [0, 0.1) is 20.8 Å². The molecule has 0 aliphatic carbocycles. The molecular formula is C27H30ClN5O3S2. The van der Waals surface area contributed by atoms with Gasteiger partial charge in [-0.25, -0.2) is 13.4 Å². The van der Waals surface area contributed by atoms with Gasteiger partial charge < -0.3 is 0 Å². The number of amides is 1. The van der Waals surface area contributed by atoms with Crippen molar-refractivity contribution in [2.24, 2.45) is 0 Å². The van der Waals surface area contributed by atoms with E-state index in [2.05, 4.69) is 5.10 Å². The van der Waals surface area contributed by atoms with E-state index in [9.17, 15) is 13.2 Å². The molecule has 0 N–H and O–H groups in total. The Kier molecular flexibility index (Phi) is 7.59. The molecule has 2 aromatic carbocycles. The number of anilines is 1. The molecule has 0 spiro atoms. The number of benzene rings is 2. The summed E-state index contributed by atoms with van der Waals surface area (Å²) >= 11 is 7.68. The van der Waals surface area contributed by atoms with Crippen molar-refractivity contribution in [3.8, 4) is 0 Å². The van der Waals surface area contributed by atoms with Crippen molar-refractivity contribution in [2.45, 2.75) is 51.5 Å². The number of piperidine rings is 1. The molecule has 1 aliphatic rings. The SMILES string of the molecule is Cc1cc(C)n(CCN(C(=O)c2ccc(S(=O)(=O)N3CCCCC3)cc2)c2nc3c(C)cc(Cl)cc3s2)n1. The number of hydrogen-bond donors (Lipinski definition) is 0. The molecule has 1 saturated heterocycles. The fourth-order valence-corrected chi connectivity index (χ4v) is 7.78. The third-order valence-corrected chi connectivity index (χ3v) is 9.96. The third-order valence-electron chi connectivity index (χ3n) is 6.81. The lowest BCUT2D eigenvalue weighted by atomic mass is 10.2. The summed E-state index contributed by atoms with van der Waals surface area (Å²) in [5, 5.41) is 5.71. The van der Waals surface area contributed by atoms with E-state index in [4.69, 9.17) is 16.6 Å². The predicted octanol–water partition coefficient (Wildman–Crippen LogP) is 5.59. The van der Waals surface area contributed by atoms with Gasteiger partial charge in [-0.15, -0.1) is 0 Å². The maximum atomic E-state index is 13.8. The molecule has 1 aliphatic heterocycles. The number of rotatable bonds is 7. The summed E-state index contributed by atoms with van der Waals surface area (Å²) in [6.07, 6.45) is 2.78. The molecule has 0 unspecified atom stereocenters. The lowest BCUT2D eigenvalue weighted by Gasteiger charge is -2.26. The van der Waals surface area contributed by atoms with E-state index < -0.39 is 10.0 Å². The monoisotopic (exact) mass is 571 g/mol. The highest BCUT2D eigenvalue weighted by Crippen LogP contribution is 2.34. The second-order valence-electron chi connectivity index (χ2n) is 9.66. The Morgan fingerprint density at radius 1 is 1.05 bits per heavy atom. The number of carbonyl (C=O) groups excluding carboxylic acids is 1. The molecule has 1 amide bonds. The molecule has 38 heavy (non-hydrogen) atoms. The van der Waals surface area contributed by atoms with Gasteiger partial charge in [-0.1, -0.05) is 29.4 Å². The number of thiazole rings is 1. The zero-order valence-electron chi connectivity index (χ0n) is 21.6. The molecule has 0 saturated carbocycles. The van der Waals surface area contributed by atoms with E-state index >= 15 is 0 Å². The molecule has 4 aromatic rings. The number of hydrogen-bond acceptors (Lipinski definition) is 6. The van der Waals surface area contributed by atoms with Gasteiger partial charge >= 0.3 is 0 Å². The van der Waals surface area contributed by atoms with Crippen LogP contribution in [-0.4, -0.2) is 53.0 Å². The predicted molar refractivity (Wildman–Crippen MR) is 152 cm³/mol. The molecule has 8 nitrogen and oxygen atoms in total. The summed E-state index contributed by atoms with van der Waals surface area (Å²) in [7, 11) is -3.58. The second kappa shape index (κ2) is 10.8. The first-order valence-corrected chi connectivity index (χ1v) is 15.3. The molecule has 0 atom stereocenters. The van der Waals surface area contributed by atoms with Gasteiger partial charge in [-0.3, -0.25) is 14.4 Å². The number of aryl methyl sites for hydroxylation is 3. The standard InChI is InChI=1S/C27H30ClN5O3S2/c1-18-15-22(28)17-24-25(18)29-27(37-24)32(13-14-33-20(3)16-19(2)30-33)26(34)21-7-9-23(10-8-21)38(35,36)31-11-5-4-6-12-31/h7-10,15-17H,4-6,11-14H2,1-3H3. The number of aromatic nitrogens is 3. The van der Waals surface area contributed by atoms with Gasteiger partial charge in [0.25, 0.3) is 5.91 Å². The van der Waals surface area contributed by atoms with Crippen LogP contribution >= 0.6 is 22.9 Å². The number of nitrogens with zero attached hydrogens (tertiary/aromatic N) is 5. The first kappa shape index (κ1) is 26.8. The average molecular weight is 572 g/mol. The lowest BCUT2D eigenvalue weighted by Crippen LogP contribution is -2.36. The van der Waals surface area contributed by atoms with Crippen LogP contribution in [0.2, 0.25) is 5.02 Å². The Morgan fingerprint density at radius 2 is 1.76 bits per heavy atom. The van der Waals surface area contributed by atoms with Gasteiger partial charge in [0.1, 0.15) is 0 Å². The van der Waals surface area contributed by atoms with E-state index in [1.54, 1.807) is 17.0 Å². The minimum absolute atomic E-state index is 0.204. The first-order valence-electron chi connectivity index (χ1n) is 12.6. The average Bonchev–Trinajstić information content (AvgIpc) is 3.46. The summed E-state index contributed by atoms with van der Waals surface area (Å²) in [6.45, 7) is 7.77. The first-order chi connectivity index (χ1) is 18.1. The Hall–Kier alpha value is -2.79. The Morgan fingerprint density at radius 3 is 2.42 bits per heavy atom. The molecule has 1 fully saturated rings. The van der Waals surface area contributed by atoms with Crippen LogP contribution in [0.4, 0.5) is 5.13 Å². The maximum absolute atomic E-state index is 13.8. The van der Waals surface area contributed by atoms with E-state index in [0.29, 0.717) is 41.9 Å². The van der Waals surface area contributed by atoms with Crippen LogP contribution in [-0.2, 0) is 16.6 Å². The minimum atomic E-state index is -3.58. The number of halogens is 1. The molecule has 200 valence electrons. The third kappa shape index (κ3) is 5.36. The van der Waals surface area contributed by atoms with Gasteiger partial charge in [0.2, 0.25) is 10.0 Å². The second-order valence-corrected chi connectivity index (χ2v) is 13.0. The van der Waals surface area contributed by atoms with Crippen molar-refractivity contribution in [1.29, 1.82) is 0 Å². The van der Waals surface area contributed by atoms with Crippen molar-refractivity contribution in [2.75, 3.05) is 24.5 Å². The zero-order chi connectivity index (χ0) is 27.0. The normalized spacial score (nSPS) is 14.7. The highest BCUT2D eigenvalue weighted by atomic mass is 35.5. The van der Waals surface area contributed by atoms with Crippen LogP contribution < -0.4 is 4.90 Å². The molecule has 0 radical (unpaired) electrons. The summed E-state index contributed by atoms with van der Waals surface area (Å²) in [4.78, 5) is 20.5. The smallest absolute Gasteiger partial charge is 0.260 e. The van der Waals surface area contributed by atoms with Gasteiger partial charge in [0, 0.05) is 35.9 Å². The largest absolute Gasteiger partial charge is 0.282 e. The molecule has 3 heterocycles. The fraction of sp³-hybridized carbons (Fsp3) is 0.370. The molecular weight excluding hydrogens is 542 g/mol. The van der Waals surface area contributed by atoms with E-state index in [0.717, 1.165) is 46.4 Å².